The maximum absolute atomic E-state index is 6.15. The van der Waals surface area contributed by atoms with E-state index in [1.807, 2.05) is 6.92 Å². The van der Waals surface area contributed by atoms with Gasteiger partial charge in [-0.15, -0.1) is 0 Å². The molecule has 3 heterocycles. The Morgan fingerprint density at radius 2 is 2.08 bits per heavy atom. The fraction of sp³-hybridized carbons (Fsp3) is 0.368. The van der Waals surface area contributed by atoms with Crippen molar-refractivity contribution in [2.24, 2.45) is 0 Å². The zero-order chi connectivity index (χ0) is 17.4. The van der Waals surface area contributed by atoms with Crippen LogP contribution in [-0.4, -0.2) is 40.1 Å². The van der Waals surface area contributed by atoms with Crippen LogP contribution >= 0.6 is 0 Å². The average molecular weight is 337 g/mol. The number of benzene rings is 1. The minimum Gasteiger partial charge on any atom is -0.496 e. The second-order valence-corrected chi connectivity index (χ2v) is 6.66. The Morgan fingerprint density at radius 1 is 1.28 bits per heavy atom. The lowest BCUT2D eigenvalue weighted by molar-refractivity contribution is 0.330. The number of aromatic amines is 1. The second kappa shape index (κ2) is 6.37. The van der Waals surface area contributed by atoms with Crippen LogP contribution in [0.5, 0.6) is 5.75 Å². The van der Waals surface area contributed by atoms with Crippen molar-refractivity contribution < 1.29 is 4.74 Å². The maximum Gasteiger partial charge on any atom is 0.180 e. The minimum absolute atomic E-state index is 0.626. The van der Waals surface area contributed by atoms with Crippen molar-refractivity contribution in [2.45, 2.75) is 26.3 Å². The third-order valence-electron chi connectivity index (χ3n) is 4.89. The molecule has 0 radical (unpaired) electrons. The number of fused-ring (bicyclic) bond motifs is 1. The molecule has 0 spiro atoms. The third-order valence-corrected chi connectivity index (χ3v) is 4.89. The van der Waals surface area contributed by atoms with Gasteiger partial charge in [0.2, 0.25) is 0 Å². The van der Waals surface area contributed by atoms with Crippen LogP contribution in [0.2, 0.25) is 0 Å². The first-order chi connectivity index (χ1) is 12.2. The summed E-state index contributed by atoms with van der Waals surface area (Å²) in [7, 11) is 1.69. The predicted molar refractivity (Wildman–Crippen MR) is 99.5 cm³/mol. The number of anilines is 1. The Kier molecular flexibility index (Phi) is 4.05. The molecule has 0 bridgehead atoms. The largest absolute Gasteiger partial charge is 0.496 e. The van der Waals surface area contributed by atoms with E-state index in [0.717, 1.165) is 34.8 Å². The van der Waals surface area contributed by atoms with Crippen molar-refractivity contribution in [1.29, 1.82) is 0 Å². The maximum atomic E-state index is 6.15. The predicted octanol–water partition coefficient (Wildman–Crippen LogP) is 3.12. The first-order valence-electron chi connectivity index (χ1n) is 8.66. The molecule has 1 saturated heterocycles. The number of likely N-dealkylation sites (tertiary alicyclic amines) is 1. The number of hydrogen-bond acceptors (Lipinski definition) is 5. The number of aromatic nitrogens is 3. The number of rotatable bonds is 4. The molecule has 4 rings (SSSR count). The third kappa shape index (κ3) is 2.93. The van der Waals surface area contributed by atoms with Gasteiger partial charge in [0.25, 0.3) is 0 Å². The SMILES string of the molecule is COc1cc(CN2CCCC2)ccc1-c1nc2ncc(C)c(N)c2[nH]1. The first kappa shape index (κ1) is 15.9. The number of nitrogens with two attached hydrogens (primary N) is 1. The van der Waals surface area contributed by atoms with Crippen LogP contribution in [0.15, 0.2) is 24.4 Å². The van der Waals surface area contributed by atoms with Crippen molar-refractivity contribution in [3.8, 4) is 17.1 Å². The lowest BCUT2D eigenvalue weighted by Gasteiger charge is -2.16. The van der Waals surface area contributed by atoms with Crippen LogP contribution in [0.1, 0.15) is 24.0 Å². The van der Waals surface area contributed by atoms with Gasteiger partial charge in [-0.05, 0) is 56.1 Å². The number of methoxy groups -OCH3 is 1. The summed E-state index contributed by atoms with van der Waals surface area (Å²) < 4.78 is 5.62. The van der Waals surface area contributed by atoms with Crippen LogP contribution in [0.25, 0.3) is 22.6 Å². The van der Waals surface area contributed by atoms with Gasteiger partial charge in [-0.3, -0.25) is 4.90 Å². The number of imidazole rings is 1. The number of nitrogens with one attached hydrogen (secondary N) is 1. The van der Waals surface area contributed by atoms with E-state index < -0.39 is 0 Å². The molecule has 1 aliphatic rings. The van der Waals surface area contributed by atoms with E-state index in [1.165, 1.54) is 31.5 Å². The summed E-state index contributed by atoms with van der Waals surface area (Å²) in [5.41, 5.74) is 11.4. The molecule has 25 heavy (non-hydrogen) atoms. The van der Waals surface area contributed by atoms with Crippen molar-refractivity contribution in [2.75, 3.05) is 25.9 Å². The number of hydrogen-bond donors (Lipinski definition) is 2. The van der Waals surface area contributed by atoms with Crippen molar-refractivity contribution in [1.82, 2.24) is 19.9 Å². The number of nitrogens with zero attached hydrogens (tertiary/aromatic N) is 3. The van der Waals surface area contributed by atoms with E-state index in [1.54, 1.807) is 13.3 Å². The van der Waals surface area contributed by atoms with Crippen molar-refractivity contribution in [3.05, 3.63) is 35.5 Å². The molecule has 0 saturated carbocycles. The molecule has 0 unspecified atom stereocenters. The van der Waals surface area contributed by atoms with E-state index in [9.17, 15) is 0 Å². The molecule has 1 fully saturated rings. The van der Waals surface area contributed by atoms with Gasteiger partial charge in [-0.25, -0.2) is 9.97 Å². The van der Waals surface area contributed by atoms with E-state index in [4.69, 9.17) is 10.5 Å². The van der Waals surface area contributed by atoms with E-state index in [2.05, 4.69) is 38.1 Å². The van der Waals surface area contributed by atoms with Gasteiger partial charge in [0, 0.05) is 12.7 Å². The van der Waals surface area contributed by atoms with E-state index in [0.29, 0.717) is 11.3 Å². The molecular weight excluding hydrogens is 314 g/mol. The Labute approximate surface area is 147 Å². The summed E-state index contributed by atoms with van der Waals surface area (Å²) in [6.07, 6.45) is 4.34. The summed E-state index contributed by atoms with van der Waals surface area (Å²) in [4.78, 5) is 14.7. The average Bonchev–Trinajstić information content (AvgIpc) is 3.28. The van der Waals surface area contributed by atoms with Gasteiger partial charge < -0.3 is 15.5 Å². The lowest BCUT2D eigenvalue weighted by atomic mass is 10.1. The molecule has 0 aliphatic carbocycles. The lowest BCUT2D eigenvalue weighted by Crippen LogP contribution is -2.18. The van der Waals surface area contributed by atoms with Gasteiger partial charge in [0.15, 0.2) is 5.65 Å². The molecular formula is C19H23N5O. The number of aryl methyl sites for hydroxylation is 1. The Hall–Kier alpha value is -2.60. The van der Waals surface area contributed by atoms with Crippen LogP contribution in [0, 0.1) is 6.92 Å². The Balaban J connectivity index is 1.70. The fourth-order valence-electron chi connectivity index (χ4n) is 3.43. The van der Waals surface area contributed by atoms with Crippen LogP contribution in [0.4, 0.5) is 5.69 Å². The van der Waals surface area contributed by atoms with Gasteiger partial charge in [-0.1, -0.05) is 6.07 Å². The monoisotopic (exact) mass is 337 g/mol. The molecule has 3 aromatic rings. The highest BCUT2D eigenvalue weighted by atomic mass is 16.5. The molecule has 1 aromatic carbocycles. The number of pyridine rings is 1. The van der Waals surface area contributed by atoms with Crippen molar-refractivity contribution in [3.63, 3.8) is 0 Å². The topological polar surface area (TPSA) is 80.1 Å². The van der Waals surface area contributed by atoms with Gasteiger partial charge in [0.1, 0.15) is 17.1 Å². The highest BCUT2D eigenvalue weighted by molar-refractivity contribution is 5.88. The molecule has 0 amide bonds. The quantitative estimate of drug-likeness (QED) is 0.764. The number of ether oxygens (including phenoxy) is 1. The van der Waals surface area contributed by atoms with Crippen LogP contribution in [-0.2, 0) is 6.54 Å². The molecule has 130 valence electrons. The summed E-state index contributed by atoms with van der Waals surface area (Å²) in [5, 5.41) is 0. The molecule has 0 atom stereocenters. The number of nitrogen functional groups attached to an aromatic ring is 1. The molecule has 6 nitrogen and oxygen atoms in total. The smallest absolute Gasteiger partial charge is 0.180 e. The molecule has 1 aliphatic heterocycles. The summed E-state index contributed by atoms with van der Waals surface area (Å²) in [6.45, 7) is 5.26. The van der Waals surface area contributed by atoms with Crippen LogP contribution < -0.4 is 10.5 Å². The standard InChI is InChI=1S/C19H23N5O/c1-12-10-21-19-17(16(12)20)22-18(23-19)14-6-5-13(9-15(14)25-2)11-24-7-3-4-8-24/h5-6,9-10H,3-4,7-8,11H2,1-2H3,(H3,20,21,22,23). The van der Waals surface area contributed by atoms with E-state index >= 15 is 0 Å². The summed E-state index contributed by atoms with van der Waals surface area (Å²) in [5.74, 6) is 1.54. The highest BCUT2D eigenvalue weighted by Crippen LogP contribution is 2.32. The molecule has 3 N–H and O–H groups in total. The van der Waals surface area contributed by atoms with Gasteiger partial charge >= 0.3 is 0 Å². The van der Waals surface area contributed by atoms with Gasteiger partial charge in [-0.2, -0.15) is 0 Å². The van der Waals surface area contributed by atoms with E-state index in [-0.39, 0.29) is 0 Å². The summed E-state index contributed by atoms with van der Waals surface area (Å²) in [6, 6.07) is 6.30. The first-order valence-corrected chi connectivity index (χ1v) is 8.66. The number of H-pyrrole nitrogens is 1. The molecule has 2 aromatic heterocycles. The Morgan fingerprint density at radius 3 is 2.84 bits per heavy atom. The van der Waals surface area contributed by atoms with Crippen molar-refractivity contribution >= 4 is 16.9 Å². The highest BCUT2D eigenvalue weighted by Gasteiger charge is 2.16. The van der Waals surface area contributed by atoms with Crippen LogP contribution in [0.3, 0.4) is 0 Å². The zero-order valence-corrected chi connectivity index (χ0v) is 14.7. The minimum atomic E-state index is 0.626. The Bertz CT molecular complexity index is 912. The zero-order valence-electron chi connectivity index (χ0n) is 14.7. The molecule has 6 heteroatoms. The fourth-order valence-corrected chi connectivity index (χ4v) is 3.43. The summed E-state index contributed by atoms with van der Waals surface area (Å²) >= 11 is 0. The second-order valence-electron chi connectivity index (χ2n) is 6.66. The normalized spacial score (nSPS) is 15.1. The van der Waals surface area contributed by atoms with Gasteiger partial charge in [0.05, 0.1) is 18.4 Å².